The molecule has 6 heteroatoms. The maximum atomic E-state index is 5.15. The fourth-order valence-electron chi connectivity index (χ4n) is 1.84. The molecule has 0 radical (unpaired) electrons. The summed E-state index contributed by atoms with van der Waals surface area (Å²) in [6, 6.07) is 12.0. The third kappa shape index (κ3) is 2.60. The van der Waals surface area contributed by atoms with Gasteiger partial charge in [0.1, 0.15) is 10.8 Å². The molecule has 0 saturated heterocycles. The van der Waals surface area contributed by atoms with E-state index in [0.717, 1.165) is 28.0 Å². The lowest BCUT2D eigenvalue weighted by molar-refractivity contribution is 0.414. The highest BCUT2D eigenvalue weighted by atomic mass is 32.2. The average Bonchev–Trinajstić information content (AvgIpc) is 2.87. The smallest absolute Gasteiger partial charge is 0.177 e. The molecule has 0 saturated carbocycles. The summed E-state index contributed by atoms with van der Waals surface area (Å²) in [5.74, 6) is 2.54. The fraction of sp³-hybridized carbons (Fsp3) is 0.214. The summed E-state index contributed by atoms with van der Waals surface area (Å²) in [4.78, 5) is 0. The molecule has 0 bridgehead atoms. The highest BCUT2D eigenvalue weighted by molar-refractivity contribution is 7.98. The predicted octanol–water partition coefficient (Wildman–Crippen LogP) is 2.73. The second-order valence-electron chi connectivity index (χ2n) is 4.33. The number of aryl methyl sites for hydroxylation is 1. The molecule has 0 aliphatic rings. The predicted molar refractivity (Wildman–Crippen MR) is 78.1 cm³/mol. The van der Waals surface area contributed by atoms with Gasteiger partial charge in [-0.2, -0.15) is 9.61 Å². The summed E-state index contributed by atoms with van der Waals surface area (Å²) in [5.41, 5.74) is 2.01. The summed E-state index contributed by atoms with van der Waals surface area (Å²) in [6.07, 6.45) is 0. The van der Waals surface area contributed by atoms with Crippen molar-refractivity contribution >= 4 is 17.4 Å². The van der Waals surface area contributed by atoms with Crippen LogP contribution in [0.1, 0.15) is 11.4 Å². The standard InChI is InChI=1S/C14H14N4OS/c1-10-15-16-13-7-8-14(17-18(10)13)20-9-11-3-5-12(19-2)6-4-11/h3-8H,9H2,1-2H3. The summed E-state index contributed by atoms with van der Waals surface area (Å²) < 4.78 is 6.91. The molecular formula is C14H14N4OS. The van der Waals surface area contributed by atoms with Gasteiger partial charge >= 0.3 is 0 Å². The monoisotopic (exact) mass is 286 g/mol. The molecule has 0 fully saturated rings. The molecule has 3 rings (SSSR count). The minimum Gasteiger partial charge on any atom is -0.497 e. The number of methoxy groups -OCH3 is 1. The van der Waals surface area contributed by atoms with Crippen LogP contribution < -0.4 is 4.74 Å². The lowest BCUT2D eigenvalue weighted by Crippen LogP contribution is -1.95. The first kappa shape index (κ1) is 12.9. The molecule has 0 aliphatic carbocycles. The van der Waals surface area contributed by atoms with Crippen LogP contribution in [0.2, 0.25) is 0 Å². The van der Waals surface area contributed by atoms with E-state index in [-0.39, 0.29) is 0 Å². The van der Waals surface area contributed by atoms with E-state index in [1.54, 1.807) is 23.4 Å². The Morgan fingerprint density at radius 3 is 2.65 bits per heavy atom. The van der Waals surface area contributed by atoms with Gasteiger partial charge in [0.15, 0.2) is 11.5 Å². The van der Waals surface area contributed by atoms with E-state index in [0.29, 0.717) is 0 Å². The van der Waals surface area contributed by atoms with E-state index in [9.17, 15) is 0 Å². The Morgan fingerprint density at radius 2 is 1.90 bits per heavy atom. The fourth-order valence-corrected chi connectivity index (χ4v) is 2.65. The quantitative estimate of drug-likeness (QED) is 0.690. The van der Waals surface area contributed by atoms with Crippen LogP contribution in [0, 0.1) is 6.92 Å². The van der Waals surface area contributed by atoms with E-state index in [1.807, 2.05) is 31.2 Å². The maximum absolute atomic E-state index is 5.15. The van der Waals surface area contributed by atoms with E-state index < -0.39 is 0 Å². The van der Waals surface area contributed by atoms with Gasteiger partial charge in [-0.25, -0.2) is 0 Å². The number of fused-ring (bicyclic) bond motifs is 1. The van der Waals surface area contributed by atoms with Gasteiger partial charge < -0.3 is 4.74 Å². The van der Waals surface area contributed by atoms with Crippen molar-refractivity contribution in [1.29, 1.82) is 0 Å². The molecular weight excluding hydrogens is 272 g/mol. The van der Waals surface area contributed by atoms with Crippen LogP contribution in [-0.4, -0.2) is 26.9 Å². The van der Waals surface area contributed by atoms with Crippen LogP contribution in [0.25, 0.3) is 5.65 Å². The van der Waals surface area contributed by atoms with Gasteiger partial charge in [-0.3, -0.25) is 0 Å². The molecule has 102 valence electrons. The van der Waals surface area contributed by atoms with Crippen LogP contribution in [0.15, 0.2) is 41.4 Å². The Kier molecular flexibility index (Phi) is 3.56. The average molecular weight is 286 g/mol. The number of benzene rings is 1. The van der Waals surface area contributed by atoms with Crippen LogP contribution in [0.5, 0.6) is 5.75 Å². The minimum absolute atomic E-state index is 0.774. The van der Waals surface area contributed by atoms with Crippen molar-refractivity contribution in [3.8, 4) is 5.75 Å². The molecule has 0 spiro atoms. The number of ether oxygens (including phenoxy) is 1. The van der Waals surface area contributed by atoms with Crippen molar-refractivity contribution in [3.05, 3.63) is 47.8 Å². The molecule has 5 nitrogen and oxygen atoms in total. The topological polar surface area (TPSA) is 52.3 Å². The summed E-state index contributed by atoms with van der Waals surface area (Å²) in [6.45, 7) is 1.89. The van der Waals surface area contributed by atoms with Gasteiger partial charge in [-0.15, -0.1) is 10.2 Å². The maximum Gasteiger partial charge on any atom is 0.177 e. The molecule has 0 amide bonds. The molecule has 20 heavy (non-hydrogen) atoms. The van der Waals surface area contributed by atoms with Crippen LogP contribution in [-0.2, 0) is 5.75 Å². The molecule has 0 aliphatic heterocycles. The molecule has 0 N–H and O–H groups in total. The van der Waals surface area contributed by atoms with Gasteiger partial charge in [0, 0.05) is 5.75 Å². The highest BCUT2D eigenvalue weighted by Gasteiger charge is 2.04. The summed E-state index contributed by atoms with van der Waals surface area (Å²) in [5, 5.41) is 13.5. The third-order valence-corrected chi connectivity index (χ3v) is 3.93. The first-order valence-corrected chi connectivity index (χ1v) is 7.19. The zero-order valence-corrected chi connectivity index (χ0v) is 12.1. The number of aromatic nitrogens is 4. The van der Waals surface area contributed by atoms with Gasteiger partial charge in [0.05, 0.1) is 7.11 Å². The van der Waals surface area contributed by atoms with E-state index >= 15 is 0 Å². The Labute approximate surface area is 121 Å². The lowest BCUT2D eigenvalue weighted by Gasteiger charge is -2.04. The molecule has 0 unspecified atom stereocenters. The molecule has 2 aromatic heterocycles. The number of thioether (sulfide) groups is 1. The lowest BCUT2D eigenvalue weighted by atomic mass is 10.2. The third-order valence-electron chi connectivity index (χ3n) is 2.94. The zero-order chi connectivity index (χ0) is 13.9. The zero-order valence-electron chi connectivity index (χ0n) is 11.3. The number of nitrogens with zero attached hydrogens (tertiary/aromatic N) is 4. The van der Waals surface area contributed by atoms with Crippen molar-refractivity contribution in [2.75, 3.05) is 7.11 Å². The first-order chi connectivity index (χ1) is 9.76. The van der Waals surface area contributed by atoms with Crippen molar-refractivity contribution < 1.29 is 4.74 Å². The van der Waals surface area contributed by atoms with Crippen molar-refractivity contribution in [2.24, 2.45) is 0 Å². The normalized spacial score (nSPS) is 10.9. The van der Waals surface area contributed by atoms with Crippen LogP contribution >= 0.6 is 11.8 Å². The number of hydrogen-bond donors (Lipinski definition) is 0. The van der Waals surface area contributed by atoms with Crippen molar-refractivity contribution in [2.45, 2.75) is 17.7 Å². The van der Waals surface area contributed by atoms with Gasteiger partial charge in [0.2, 0.25) is 0 Å². The molecule has 1 aromatic carbocycles. The largest absolute Gasteiger partial charge is 0.497 e. The molecule has 2 heterocycles. The second-order valence-corrected chi connectivity index (χ2v) is 5.32. The van der Waals surface area contributed by atoms with Gasteiger partial charge in [-0.05, 0) is 36.8 Å². The molecule has 0 atom stereocenters. The SMILES string of the molecule is COc1ccc(CSc2ccc3nnc(C)n3n2)cc1. The Balaban J connectivity index is 1.73. The Morgan fingerprint density at radius 1 is 1.10 bits per heavy atom. The number of hydrogen-bond acceptors (Lipinski definition) is 5. The van der Waals surface area contributed by atoms with Crippen molar-refractivity contribution in [1.82, 2.24) is 19.8 Å². The summed E-state index contributed by atoms with van der Waals surface area (Å²) in [7, 11) is 1.67. The van der Waals surface area contributed by atoms with Crippen molar-refractivity contribution in [3.63, 3.8) is 0 Å². The van der Waals surface area contributed by atoms with E-state index in [4.69, 9.17) is 4.74 Å². The Hall–Kier alpha value is -2.08. The number of rotatable bonds is 4. The minimum atomic E-state index is 0.774. The van der Waals surface area contributed by atoms with Gasteiger partial charge in [0.25, 0.3) is 0 Å². The van der Waals surface area contributed by atoms with Gasteiger partial charge in [-0.1, -0.05) is 23.9 Å². The van der Waals surface area contributed by atoms with Crippen LogP contribution in [0.3, 0.4) is 0 Å². The van der Waals surface area contributed by atoms with E-state index in [2.05, 4.69) is 27.4 Å². The summed E-state index contributed by atoms with van der Waals surface area (Å²) >= 11 is 1.69. The first-order valence-electron chi connectivity index (χ1n) is 6.21. The highest BCUT2D eigenvalue weighted by Crippen LogP contribution is 2.22. The second kappa shape index (κ2) is 5.50. The van der Waals surface area contributed by atoms with Crippen LogP contribution in [0.4, 0.5) is 0 Å². The van der Waals surface area contributed by atoms with E-state index in [1.165, 1.54) is 5.56 Å². The Bertz CT molecular complexity index is 724. The molecule has 3 aromatic rings.